The van der Waals surface area contributed by atoms with Crippen LogP contribution in [0.25, 0.3) is 0 Å². The van der Waals surface area contributed by atoms with Crippen LogP contribution in [-0.4, -0.2) is 42.0 Å². The highest BCUT2D eigenvalue weighted by atomic mass is 16.7. The average molecular weight is 276 g/mol. The van der Waals surface area contributed by atoms with Crippen molar-refractivity contribution in [3.63, 3.8) is 0 Å². The highest BCUT2D eigenvalue weighted by molar-refractivity contribution is 5.15. The molecule has 0 spiro atoms. The number of likely N-dealkylation sites (tertiary alicyclic amines) is 1. The van der Waals surface area contributed by atoms with Crippen LogP contribution in [0.3, 0.4) is 0 Å². The van der Waals surface area contributed by atoms with Crippen LogP contribution in [0.4, 0.5) is 0 Å². The third kappa shape index (κ3) is 2.88. The molecular formula is C16H24N2O2. The SMILES string of the molecule is CC1(C)OCC(C2C(N)CCN2Cc2ccccc2)O1. The van der Waals surface area contributed by atoms with Crippen molar-refractivity contribution in [1.82, 2.24) is 4.90 Å². The van der Waals surface area contributed by atoms with Gasteiger partial charge in [-0.2, -0.15) is 0 Å². The zero-order chi connectivity index (χ0) is 14.2. The quantitative estimate of drug-likeness (QED) is 0.913. The number of rotatable bonds is 3. The van der Waals surface area contributed by atoms with Crippen molar-refractivity contribution < 1.29 is 9.47 Å². The molecule has 1 aromatic carbocycles. The van der Waals surface area contributed by atoms with Gasteiger partial charge in [0.25, 0.3) is 0 Å². The van der Waals surface area contributed by atoms with E-state index < -0.39 is 5.79 Å². The Morgan fingerprint density at radius 3 is 2.70 bits per heavy atom. The number of hydrogen-bond acceptors (Lipinski definition) is 4. The number of nitrogens with zero attached hydrogens (tertiary/aromatic N) is 1. The van der Waals surface area contributed by atoms with Crippen LogP contribution in [0.5, 0.6) is 0 Å². The minimum Gasteiger partial charge on any atom is -0.348 e. The second kappa shape index (κ2) is 5.45. The molecule has 110 valence electrons. The molecule has 2 saturated heterocycles. The van der Waals surface area contributed by atoms with Gasteiger partial charge in [-0.15, -0.1) is 0 Å². The van der Waals surface area contributed by atoms with Gasteiger partial charge in [0.2, 0.25) is 0 Å². The molecule has 3 unspecified atom stereocenters. The Morgan fingerprint density at radius 1 is 1.30 bits per heavy atom. The molecule has 3 rings (SSSR count). The van der Waals surface area contributed by atoms with Crippen molar-refractivity contribution in [2.75, 3.05) is 13.2 Å². The van der Waals surface area contributed by atoms with E-state index in [1.54, 1.807) is 0 Å². The zero-order valence-electron chi connectivity index (χ0n) is 12.3. The van der Waals surface area contributed by atoms with Gasteiger partial charge < -0.3 is 15.2 Å². The smallest absolute Gasteiger partial charge is 0.163 e. The highest BCUT2D eigenvalue weighted by Gasteiger charge is 2.44. The first kappa shape index (κ1) is 14.0. The maximum absolute atomic E-state index is 6.31. The molecule has 1 aromatic rings. The summed E-state index contributed by atoms with van der Waals surface area (Å²) in [5.74, 6) is -0.481. The fraction of sp³-hybridized carbons (Fsp3) is 0.625. The Kier molecular flexibility index (Phi) is 3.82. The van der Waals surface area contributed by atoms with Crippen molar-refractivity contribution in [1.29, 1.82) is 0 Å². The standard InChI is InChI=1S/C16H24N2O2/c1-16(2)19-11-14(20-16)15-13(17)8-9-18(15)10-12-6-4-3-5-7-12/h3-7,13-15H,8-11,17H2,1-2H3. The van der Waals surface area contributed by atoms with E-state index in [1.807, 2.05) is 19.9 Å². The molecule has 2 N–H and O–H groups in total. The van der Waals surface area contributed by atoms with Crippen molar-refractivity contribution in [2.45, 2.75) is 50.8 Å². The van der Waals surface area contributed by atoms with Crippen LogP contribution in [0.2, 0.25) is 0 Å². The number of ether oxygens (including phenoxy) is 2. The summed E-state index contributed by atoms with van der Waals surface area (Å²) in [6.07, 6.45) is 1.10. The molecule has 0 amide bonds. The number of nitrogens with two attached hydrogens (primary N) is 1. The summed E-state index contributed by atoms with van der Waals surface area (Å²) in [6.45, 7) is 6.53. The lowest BCUT2D eigenvalue weighted by atomic mass is 10.0. The number of hydrogen-bond donors (Lipinski definition) is 1. The lowest BCUT2D eigenvalue weighted by molar-refractivity contribution is -0.145. The summed E-state index contributed by atoms with van der Waals surface area (Å²) in [5, 5.41) is 0. The van der Waals surface area contributed by atoms with E-state index in [0.29, 0.717) is 6.61 Å². The Labute approximate surface area is 120 Å². The van der Waals surface area contributed by atoms with E-state index >= 15 is 0 Å². The minimum atomic E-state index is -0.481. The number of benzene rings is 1. The maximum atomic E-state index is 6.31. The summed E-state index contributed by atoms with van der Waals surface area (Å²) >= 11 is 0. The van der Waals surface area contributed by atoms with Crippen LogP contribution < -0.4 is 5.73 Å². The largest absolute Gasteiger partial charge is 0.348 e. The molecule has 2 fully saturated rings. The van der Waals surface area contributed by atoms with Gasteiger partial charge in [-0.1, -0.05) is 30.3 Å². The molecule has 0 aliphatic carbocycles. The monoisotopic (exact) mass is 276 g/mol. The molecule has 2 aliphatic heterocycles. The van der Waals surface area contributed by atoms with E-state index in [2.05, 4.69) is 29.2 Å². The summed E-state index contributed by atoms with van der Waals surface area (Å²) in [5.41, 5.74) is 7.64. The summed E-state index contributed by atoms with van der Waals surface area (Å²) < 4.78 is 11.7. The molecule has 0 radical (unpaired) electrons. The first-order chi connectivity index (χ1) is 9.55. The van der Waals surface area contributed by atoms with Gasteiger partial charge in [0, 0.05) is 19.1 Å². The molecule has 2 heterocycles. The van der Waals surface area contributed by atoms with Crippen LogP contribution in [0, 0.1) is 0 Å². The van der Waals surface area contributed by atoms with Gasteiger partial charge in [0.05, 0.1) is 12.6 Å². The Bertz CT molecular complexity index is 449. The van der Waals surface area contributed by atoms with Gasteiger partial charge >= 0.3 is 0 Å². The van der Waals surface area contributed by atoms with Gasteiger partial charge in [0.15, 0.2) is 5.79 Å². The third-order valence-electron chi connectivity index (χ3n) is 4.25. The molecule has 0 saturated carbocycles. The molecule has 20 heavy (non-hydrogen) atoms. The summed E-state index contributed by atoms with van der Waals surface area (Å²) in [4.78, 5) is 2.44. The van der Waals surface area contributed by atoms with Crippen molar-refractivity contribution in [2.24, 2.45) is 5.73 Å². The van der Waals surface area contributed by atoms with Gasteiger partial charge in [-0.05, 0) is 25.8 Å². The lowest BCUT2D eigenvalue weighted by Gasteiger charge is -2.31. The summed E-state index contributed by atoms with van der Waals surface area (Å²) in [6, 6.07) is 11.0. The Balaban J connectivity index is 1.71. The predicted octanol–water partition coefficient (Wildman–Crippen LogP) is 1.74. The van der Waals surface area contributed by atoms with E-state index in [1.165, 1.54) is 5.56 Å². The van der Waals surface area contributed by atoms with E-state index in [-0.39, 0.29) is 18.2 Å². The predicted molar refractivity (Wildman–Crippen MR) is 78.1 cm³/mol. The molecular weight excluding hydrogens is 252 g/mol. The van der Waals surface area contributed by atoms with Gasteiger partial charge in [-0.25, -0.2) is 0 Å². The first-order valence-electron chi connectivity index (χ1n) is 7.40. The Hall–Kier alpha value is -0.940. The van der Waals surface area contributed by atoms with Crippen molar-refractivity contribution in [3.05, 3.63) is 35.9 Å². The van der Waals surface area contributed by atoms with Crippen LogP contribution in [0.15, 0.2) is 30.3 Å². The van der Waals surface area contributed by atoms with Gasteiger partial charge in [0.1, 0.15) is 6.10 Å². The lowest BCUT2D eigenvalue weighted by Crippen LogP contribution is -2.49. The fourth-order valence-electron chi connectivity index (χ4n) is 3.30. The van der Waals surface area contributed by atoms with Crippen LogP contribution in [0.1, 0.15) is 25.8 Å². The Morgan fingerprint density at radius 2 is 2.05 bits per heavy atom. The van der Waals surface area contributed by atoms with Crippen LogP contribution in [-0.2, 0) is 16.0 Å². The first-order valence-corrected chi connectivity index (χ1v) is 7.40. The van der Waals surface area contributed by atoms with E-state index in [4.69, 9.17) is 15.2 Å². The van der Waals surface area contributed by atoms with E-state index in [0.717, 1.165) is 19.5 Å². The molecule has 0 aromatic heterocycles. The minimum absolute atomic E-state index is 0.0752. The molecule has 4 heteroatoms. The topological polar surface area (TPSA) is 47.7 Å². The zero-order valence-corrected chi connectivity index (χ0v) is 12.3. The van der Waals surface area contributed by atoms with Gasteiger partial charge in [-0.3, -0.25) is 4.90 Å². The highest BCUT2D eigenvalue weighted by Crippen LogP contribution is 2.31. The fourth-order valence-corrected chi connectivity index (χ4v) is 3.30. The maximum Gasteiger partial charge on any atom is 0.163 e. The van der Waals surface area contributed by atoms with Crippen molar-refractivity contribution >= 4 is 0 Å². The molecule has 3 atom stereocenters. The molecule has 2 aliphatic rings. The summed E-state index contributed by atoms with van der Waals surface area (Å²) in [7, 11) is 0. The van der Waals surface area contributed by atoms with Crippen LogP contribution >= 0.6 is 0 Å². The van der Waals surface area contributed by atoms with E-state index in [9.17, 15) is 0 Å². The second-order valence-corrected chi connectivity index (χ2v) is 6.27. The van der Waals surface area contributed by atoms with Crippen molar-refractivity contribution in [3.8, 4) is 0 Å². The normalized spacial score (nSPS) is 33.6. The second-order valence-electron chi connectivity index (χ2n) is 6.27. The third-order valence-corrected chi connectivity index (χ3v) is 4.25. The molecule has 4 nitrogen and oxygen atoms in total. The molecule has 0 bridgehead atoms. The average Bonchev–Trinajstić information content (AvgIpc) is 2.94.